The fraction of sp³-hybridized carbons (Fsp3) is 0.379. The Morgan fingerprint density at radius 1 is 1.12 bits per heavy atom. The number of piperazine rings is 1. The molecule has 4 heterocycles. The molecule has 0 saturated carbocycles. The Kier molecular flexibility index (Phi) is 7.95. The number of carbonyl (C=O) groups is 3. The van der Waals surface area contributed by atoms with Crippen molar-refractivity contribution in [3.63, 3.8) is 0 Å². The van der Waals surface area contributed by atoms with Crippen LogP contribution < -0.4 is 4.90 Å². The third kappa shape index (κ3) is 5.90. The molecular weight excluding hydrogens is 548 g/mol. The van der Waals surface area contributed by atoms with Gasteiger partial charge in [-0.2, -0.15) is 0 Å². The molecule has 1 atom stereocenters. The number of carbonyl (C=O) groups excluding carboxylic acids is 2. The average molecular weight is 581 g/mol. The summed E-state index contributed by atoms with van der Waals surface area (Å²) in [6.07, 6.45) is -0.255. The summed E-state index contributed by atoms with van der Waals surface area (Å²) in [7, 11) is 0. The van der Waals surface area contributed by atoms with E-state index in [2.05, 4.69) is 0 Å². The monoisotopic (exact) mass is 580 g/mol. The van der Waals surface area contributed by atoms with E-state index in [1.165, 1.54) is 27.6 Å². The number of benzene rings is 1. The number of aromatic nitrogens is 1. The number of amides is 3. The molecule has 1 N–H and O–H groups in total. The van der Waals surface area contributed by atoms with Gasteiger partial charge in [-0.25, -0.2) is 9.78 Å². The van der Waals surface area contributed by atoms with Gasteiger partial charge in [-0.15, -0.1) is 22.7 Å². The molecule has 5 rings (SSSR count). The van der Waals surface area contributed by atoms with Gasteiger partial charge >= 0.3 is 6.09 Å². The van der Waals surface area contributed by atoms with Gasteiger partial charge in [-0.05, 0) is 35.4 Å². The van der Waals surface area contributed by atoms with Crippen LogP contribution in [0.2, 0.25) is 0 Å². The molecule has 3 amide bonds. The van der Waals surface area contributed by atoms with Gasteiger partial charge in [0, 0.05) is 43.4 Å². The van der Waals surface area contributed by atoms with Crippen molar-refractivity contribution in [3.05, 3.63) is 58.1 Å². The first kappa shape index (κ1) is 27.9. The molecule has 0 aliphatic carbocycles. The van der Waals surface area contributed by atoms with Crippen LogP contribution in [0.25, 0.3) is 22.4 Å². The van der Waals surface area contributed by atoms with Gasteiger partial charge in [0.2, 0.25) is 5.91 Å². The maximum atomic E-state index is 13.4. The molecule has 3 aromatic heterocycles. The Bertz CT molecular complexity index is 1470. The second kappa shape index (κ2) is 11.4. The van der Waals surface area contributed by atoms with E-state index in [0.29, 0.717) is 47.5 Å². The zero-order valence-electron chi connectivity index (χ0n) is 22.7. The number of carboxylic acid groups (broad SMARTS) is 1. The number of anilines is 1. The Morgan fingerprint density at radius 2 is 1.93 bits per heavy atom. The molecule has 4 aromatic rings. The van der Waals surface area contributed by atoms with Crippen molar-refractivity contribution in [1.82, 2.24) is 14.8 Å². The van der Waals surface area contributed by atoms with Crippen LogP contribution in [0.5, 0.6) is 0 Å². The van der Waals surface area contributed by atoms with Gasteiger partial charge in [-0.1, -0.05) is 45.0 Å². The maximum absolute atomic E-state index is 13.4. The van der Waals surface area contributed by atoms with Crippen LogP contribution >= 0.6 is 22.7 Å². The van der Waals surface area contributed by atoms with E-state index in [9.17, 15) is 19.5 Å². The Hall–Kier alpha value is -3.70. The van der Waals surface area contributed by atoms with E-state index >= 15 is 0 Å². The van der Waals surface area contributed by atoms with E-state index in [1.807, 2.05) is 67.9 Å². The van der Waals surface area contributed by atoms with E-state index in [1.54, 1.807) is 15.9 Å². The highest BCUT2D eigenvalue weighted by atomic mass is 32.1. The highest BCUT2D eigenvalue weighted by molar-refractivity contribution is 7.14. The largest absolute Gasteiger partial charge is 0.465 e. The normalized spacial score (nSPS) is 15.9. The predicted octanol–water partition coefficient (Wildman–Crippen LogP) is 6.28. The van der Waals surface area contributed by atoms with E-state index in [0.717, 1.165) is 11.0 Å². The topological polar surface area (TPSA) is 107 Å². The molecule has 0 bridgehead atoms. The molecule has 11 heteroatoms. The summed E-state index contributed by atoms with van der Waals surface area (Å²) in [6, 6.07) is 13.0. The zero-order valence-corrected chi connectivity index (χ0v) is 24.3. The molecule has 1 aliphatic rings. The summed E-state index contributed by atoms with van der Waals surface area (Å²) in [5.41, 5.74) is 1.12. The third-order valence-electron chi connectivity index (χ3n) is 7.13. The summed E-state index contributed by atoms with van der Waals surface area (Å²) in [4.78, 5) is 48.5. The smallest absolute Gasteiger partial charge is 0.407 e. The molecule has 1 saturated heterocycles. The van der Waals surface area contributed by atoms with Crippen LogP contribution in [0.15, 0.2) is 57.6 Å². The quantitative estimate of drug-likeness (QED) is 0.276. The van der Waals surface area contributed by atoms with E-state index in [-0.39, 0.29) is 36.2 Å². The number of thiophene rings is 1. The molecule has 210 valence electrons. The molecule has 0 spiro atoms. The standard InChI is InChI=1S/C29H32N4O5S2/c1-29(2,3)24-17-31(13-14-32(24)28(36)37)25(34)11-6-12-33(26(35)23-10-7-15-39-23)27-30-20(18-40-27)22-16-19-8-4-5-9-21(19)38-22/h4-5,7-10,15-16,18,24H,6,11-14,17H2,1-3H3,(H,36,37). The van der Waals surface area contributed by atoms with Crippen LogP contribution in [0, 0.1) is 5.41 Å². The van der Waals surface area contributed by atoms with Crippen LogP contribution in [0.3, 0.4) is 0 Å². The van der Waals surface area contributed by atoms with Gasteiger partial charge in [-0.3, -0.25) is 14.5 Å². The highest BCUT2D eigenvalue weighted by Crippen LogP contribution is 2.33. The lowest BCUT2D eigenvalue weighted by Gasteiger charge is -2.46. The number of fused-ring (bicyclic) bond motifs is 1. The van der Waals surface area contributed by atoms with Crippen molar-refractivity contribution in [2.24, 2.45) is 5.41 Å². The van der Waals surface area contributed by atoms with Crippen molar-refractivity contribution in [3.8, 4) is 11.5 Å². The first-order chi connectivity index (χ1) is 19.1. The fourth-order valence-corrected chi connectivity index (χ4v) is 6.46. The molecule has 1 unspecified atom stereocenters. The Labute approximate surface area is 240 Å². The molecule has 1 fully saturated rings. The number of hydrogen-bond donors (Lipinski definition) is 1. The number of rotatable bonds is 7. The summed E-state index contributed by atoms with van der Waals surface area (Å²) >= 11 is 2.73. The highest BCUT2D eigenvalue weighted by Gasteiger charge is 2.39. The van der Waals surface area contributed by atoms with Crippen molar-refractivity contribution >= 4 is 56.7 Å². The van der Waals surface area contributed by atoms with Gasteiger partial charge in [0.05, 0.1) is 10.9 Å². The molecule has 9 nitrogen and oxygen atoms in total. The lowest BCUT2D eigenvalue weighted by molar-refractivity contribution is -0.135. The van der Waals surface area contributed by atoms with Gasteiger partial charge < -0.3 is 19.3 Å². The van der Waals surface area contributed by atoms with Crippen molar-refractivity contribution in [2.75, 3.05) is 31.1 Å². The molecule has 1 aliphatic heterocycles. The minimum atomic E-state index is -0.958. The first-order valence-electron chi connectivity index (χ1n) is 13.2. The second-order valence-corrected chi connectivity index (χ2v) is 12.7. The number of para-hydroxylation sites is 1. The summed E-state index contributed by atoms with van der Waals surface area (Å²) in [5.74, 6) is 0.442. The summed E-state index contributed by atoms with van der Waals surface area (Å²) in [6.45, 7) is 7.31. The third-order valence-corrected chi connectivity index (χ3v) is 8.85. The number of nitrogens with zero attached hydrogens (tertiary/aromatic N) is 4. The van der Waals surface area contributed by atoms with Crippen LogP contribution in [-0.2, 0) is 4.79 Å². The minimum Gasteiger partial charge on any atom is -0.465 e. The Balaban J connectivity index is 1.28. The molecular formula is C29H32N4O5S2. The van der Waals surface area contributed by atoms with E-state index in [4.69, 9.17) is 9.40 Å². The first-order valence-corrected chi connectivity index (χ1v) is 14.9. The van der Waals surface area contributed by atoms with Crippen molar-refractivity contribution in [2.45, 2.75) is 39.7 Å². The predicted molar refractivity (Wildman–Crippen MR) is 157 cm³/mol. The molecule has 1 aromatic carbocycles. The molecule has 0 radical (unpaired) electrons. The van der Waals surface area contributed by atoms with Gasteiger partial charge in [0.15, 0.2) is 10.9 Å². The average Bonchev–Trinajstić information content (AvgIpc) is 3.70. The zero-order chi connectivity index (χ0) is 28.4. The second-order valence-electron chi connectivity index (χ2n) is 10.9. The van der Waals surface area contributed by atoms with Crippen LogP contribution in [0.4, 0.5) is 9.93 Å². The van der Waals surface area contributed by atoms with E-state index < -0.39 is 6.09 Å². The van der Waals surface area contributed by atoms with Crippen molar-refractivity contribution < 1.29 is 23.9 Å². The summed E-state index contributed by atoms with van der Waals surface area (Å²) in [5, 5.41) is 14.9. The number of hydrogen-bond acceptors (Lipinski definition) is 7. The van der Waals surface area contributed by atoms with Gasteiger partial charge in [0.25, 0.3) is 5.91 Å². The fourth-order valence-electron chi connectivity index (χ4n) is 4.95. The van der Waals surface area contributed by atoms with Crippen LogP contribution in [-0.4, -0.2) is 70.0 Å². The lowest BCUT2D eigenvalue weighted by Crippen LogP contribution is -2.60. The summed E-state index contributed by atoms with van der Waals surface area (Å²) < 4.78 is 5.97. The molecule has 40 heavy (non-hydrogen) atoms. The Morgan fingerprint density at radius 3 is 2.62 bits per heavy atom. The lowest BCUT2D eigenvalue weighted by atomic mass is 9.84. The van der Waals surface area contributed by atoms with Crippen LogP contribution in [0.1, 0.15) is 43.3 Å². The van der Waals surface area contributed by atoms with Gasteiger partial charge in [0.1, 0.15) is 11.3 Å². The number of thiazole rings is 1. The number of furan rings is 1. The van der Waals surface area contributed by atoms with Crippen molar-refractivity contribution in [1.29, 1.82) is 0 Å². The SMILES string of the molecule is CC(C)(C)C1CN(C(=O)CCCN(C(=O)c2cccs2)c2nc(-c3cc4ccccc4o3)cs2)CCN1C(=O)O. The minimum absolute atomic E-state index is 0.0371. The maximum Gasteiger partial charge on any atom is 0.407 e.